The van der Waals surface area contributed by atoms with E-state index in [1.807, 2.05) is 0 Å². The Morgan fingerprint density at radius 2 is 0.699 bits per heavy atom. The molecule has 4 nitrogen and oxygen atoms in total. The van der Waals surface area contributed by atoms with Crippen LogP contribution in [0.5, 0.6) is 0 Å². The molecule has 1 aromatic heterocycles. The van der Waals surface area contributed by atoms with Crippen LogP contribution >= 0.6 is 11.3 Å². The van der Waals surface area contributed by atoms with E-state index in [4.69, 9.17) is 0 Å². The molecular weight excluding hydrogens is 1260 g/mol. The van der Waals surface area contributed by atoms with Crippen molar-refractivity contribution in [2.75, 3.05) is 19.6 Å². The Labute approximate surface area is 616 Å². The molecule has 510 valence electrons. The van der Waals surface area contributed by atoms with Crippen LogP contribution in [-0.4, -0.2) is 13.4 Å². The summed E-state index contributed by atoms with van der Waals surface area (Å²) in [6.45, 7) is 38.9. The van der Waals surface area contributed by atoms with Crippen molar-refractivity contribution in [1.29, 1.82) is 0 Å². The molecule has 0 unspecified atom stereocenters. The number of thiophene rings is 1. The minimum Gasteiger partial charge on any atom is -0.311 e. The Hall–Kier alpha value is -9.29. The van der Waals surface area contributed by atoms with Gasteiger partial charge in [-0.1, -0.05) is 198 Å². The van der Waals surface area contributed by atoms with E-state index in [0.29, 0.717) is 0 Å². The highest BCUT2D eigenvalue weighted by Crippen LogP contribution is 2.59. The predicted molar refractivity (Wildman–Crippen MR) is 446 cm³/mol. The molecule has 19 rings (SSSR count). The zero-order valence-electron chi connectivity index (χ0n) is 63.2. The van der Waals surface area contributed by atoms with Crippen LogP contribution in [0, 0.1) is 27.7 Å². The molecule has 0 saturated heterocycles. The second-order valence-electron chi connectivity index (χ2n) is 35.7. The van der Waals surface area contributed by atoms with E-state index in [1.165, 1.54) is 190 Å². The highest BCUT2D eigenvalue weighted by molar-refractivity contribution is 7.34. The molecule has 0 saturated carbocycles. The first kappa shape index (κ1) is 64.5. The number of rotatable bonds is 6. The van der Waals surface area contributed by atoms with Crippen LogP contribution in [0.15, 0.2) is 206 Å². The smallest absolute Gasteiger partial charge is 0.264 e. The van der Waals surface area contributed by atoms with Crippen LogP contribution in [0.25, 0.3) is 32.3 Å². The molecule has 4 aliphatic heterocycles. The highest BCUT2D eigenvalue weighted by atomic mass is 32.1. The van der Waals surface area contributed by atoms with Gasteiger partial charge in [-0.15, -0.1) is 11.3 Å². The van der Waals surface area contributed by atoms with Crippen molar-refractivity contribution < 1.29 is 0 Å². The van der Waals surface area contributed by atoms with Crippen molar-refractivity contribution >= 4 is 135 Å². The van der Waals surface area contributed by atoms with E-state index < -0.39 is 0 Å². The average Bonchev–Trinajstić information content (AvgIpc) is 1.50. The summed E-state index contributed by atoms with van der Waals surface area (Å²) in [5.41, 5.74) is 40.5. The minimum absolute atomic E-state index is 0.000650. The largest absolute Gasteiger partial charge is 0.311 e. The van der Waals surface area contributed by atoms with E-state index in [0.717, 1.165) is 37.1 Å². The summed E-state index contributed by atoms with van der Waals surface area (Å²) in [5.74, 6) is 0. The predicted octanol–water partition coefficient (Wildman–Crippen LogP) is 22.7. The van der Waals surface area contributed by atoms with Crippen LogP contribution in [-0.2, 0) is 32.5 Å². The van der Waals surface area contributed by atoms with E-state index >= 15 is 0 Å². The van der Waals surface area contributed by atoms with Crippen LogP contribution in [0.2, 0.25) is 0 Å². The molecule has 103 heavy (non-hydrogen) atoms. The Kier molecular flexibility index (Phi) is 13.9. The summed E-state index contributed by atoms with van der Waals surface area (Å²) < 4.78 is 2.79. The fraction of sp³-hybridized carbons (Fsp3) is 0.292. The van der Waals surface area contributed by atoms with Crippen LogP contribution in [0.1, 0.15) is 177 Å². The molecule has 5 heterocycles. The third-order valence-corrected chi connectivity index (χ3v) is 27.7. The van der Waals surface area contributed by atoms with Crippen LogP contribution in [0.3, 0.4) is 0 Å². The Bertz CT molecular complexity index is 5590. The average molecular weight is 1360 g/mol. The number of nitrogens with zero attached hydrogens (tertiary/aromatic N) is 4. The van der Waals surface area contributed by atoms with Gasteiger partial charge in [0.2, 0.25) is 0 Å². The molecule has 7 aliphatic rings. The van der Waals surface area contributed by atoms with Crippen LogP contribution in [0.4, 0.5) is 68.2 Å². The summed E-state index contributed by atoms with van der Waals surface area (Å²) in [5, 5.41) is 1.44. The second kappa shape index (κ2) is 22.1. The van der Waals surface area contributed by atoms with E-state index in [-0.39, 0.29) is 45.9 Å². The molecule has 12 aromatic rings. The van der Waals surface area contributed by atoms with Crippen molar-refractivity contribution in [3.8, 4) is 22.3 Å². The maximum atomic E-state index is 2.82. The number of hydrogen-bond acceptors (Lipinski definition) is 5. The summed E-state index contributed by atoms with van der Waals surface area (Å²) in [6, 6.07) is 82.1. The van der Waals surface area contributed by atoms with Gasteiger partial charge in [0.15, 0.2) is 0 Å². The molecule has 0 spiro atoms. The molecule has 0 bridgehead atoms. The number of hydrogen-bond donors (Lipinski definition) is 0. The van der Waals surface area contributed by atoms with Gasteiger partial charge in [0.05, 0.1) is 5.69 Å². The molecular formula is C96H94B2N4S. The fourth-order valence-electron chi connectivity index (χ4n) is 20.7. The van der Waals surface area contributed by atoms with Crippen molar-refractivity contribution in [2.45, 2.75) is 182 Å². The van der Waals surface area contributed by atoms with Crippen LogP contribution < -0.4 is 51.7 Å². The minimum atomic E-state index is -0.139. The molecule has 0 radical (unpaired) electrons. The first-order chi connectivity index (χ1) is 49.2. The van der Waals surface area contributed by atoms with E-state index in [1.54, 1.807) is 0 Å². The summed E-state index contributed by atoms with van der Waals surface area (Å²) in [7, 11) is 0. The molecule has 7 heteroatoms. The molecule has 3 aliphatic carbocycles. The van der Waals surface area contributed by atoms with Gasteiger partial charge in [0.25, 0.3) is 13.4 Å². The third-order valence-electron chi connectivity index (χ3n) is 26.5. The number of aryl methyl sites for hydroxylation is 4. The first-order valence-corrected chi connectivity index (χ1v) is 39.0. The molecule has 0 amide bonds. The lowest BCUT2D eigenvalue weighted by Gasteiger charge is -2.48. The van der Waals surface area contributed by atoms with Crippen molar-refractivity contribution in [2.24, 2.45) is 0 Å². The van der Waals surface area contributed by atoms with Crippen molar-refractivity contribution in [3.05, 3.63) is 262 Å². The number of para-hydroxylation sites is 3. The maximum absolute atomic E-state index is 2.82. The first-order valence-electron chi connectivity index (χ1n) is 38.2. The van der Waals surface area contributed by atoms with Gasteiger partial charge in [-0.2, -0.15) is 0 Å². The Balaban J connectivity index is 0.962. The van der Waals surface area contributed by atoms with Crippen molar-refractivity contribution in [3.63, 3.8) is 0 Å². The fourth-order valence-corrected chi connectivity index (χ4v) is 22.0. The second-order valence-corrected chi connectivity index (χ2v) is 36.8. The number of benzene rings is 11. The zero-order chi connectivity index (χ0) is 71.1. The Morgan fingerprint density at radius 3 is 1.20 bits per heavy atom. The SMILES string of the molecule is Cc1cccc(C)c1-c1cc2c3c(c1)N(c1ccccc1)c1cc4c(cc1B3c1ccccc1N2c1ccc2c(c1)C(C)(C)CCC2(C)C)B1c2sc3ccc5c(c3c2N(c2ccc3c(c2)C(C)(C)CCC3(C)C)c2cc(-c3c(C)cccc3C)cc(c21)N4c1ccccc1)C(C)(C)CCC5(C)C. The third kappa shape index (κ3) is 9.35. The maximum Gasteiger partial charge on any atom is 0.264 e. The summed E-state index contributed by atoms with van der Waals surface area (Å²) in [6.07, 6.45) is 6.89. The molecule has 11 aromatic carbocycles. The lowest BCUT2D eigenvalue weighted by Crippen LogP contribution is -2.65. The number of fused-ring (bicyclic) bond motifs is 14. The lowest BCUT2D eigenvalue weighted by molar-refractivity contribution is 0.332. The van der Waals surface area contributed by atoms with Gasteiger partial charge in [-0.05, 0) is 295 Å². The van der Waals surface area contributed by atoms with Gasteiger partial charge < -0.3 is 19.6 Å². The zero-order valence-corrected chi connectivity index (χ0v) is 64.0. The van der Waals surface area contributed by atoms with Gasteiger partial charge in [0, 0.05) is 77.4 Å². The number of anilines is 12. The Morgan fingerprint density at radius 1 is 0.301 bits per heavy atom. The quantitative estimate of drug-likeness (QED) is 0.154. The highest BCUT2D eigenvalue weighted by Gasteiger charge is 2.52. The van der Waals surface area contributed by atoms with Gasteiger partial charge >= 0.3 is 0 Å². The van der Waals surface area contributed by atoms with Gasteiger partial charge in [-0.25, -0.2) is 0 Å². The summed E-state index contributed by atoms with van der Waals surface area (Å²) >= 11 is 2.07. The molecule has 0 N–H and O–H groups in total. The van der Waals surface area contributed by atoms with E-state index in [9.17, 15) is 0 Å². The standard InChI is InChI=1S/C96H94B2N4S/c1-57-27-25-28-58(2)83(57)61-49-78-87-79(50-61)101(65-37-39-67-70(53-65)94(11,12)45-43-91(67,5)6)75-36-24-23-35-72(75)97(87)73-55-74-77(56-76(73)99(78)63-31-19-17-20-32-63)100(64-33-21-18-22-34-64)80-51-62(84-59(3)29-26-30-60(84)4)52-81-88(80)98(74)90-89(85-82(103-90)42-41-69-86(85)96(15,16)48-47-93(69,9)10)102(81)66-38-40-68-71(54-66)95(13,14)46-44-92(68,7)8/h17-42,49-56H,43-48H2,1-16H3. The van der Waals surface area contributed by atoms with Gasteiger partial charge in [-0.3, -0.25) is 0 Å². The normalized spacial score (nSPS) is 18.2. The molecule has 0 atom stereocenters. The molecule has 0 fully saturated rings. The van der Waals surface area contributed by atoms with Crippen molar-refractivity contribution in [1.82, 2.24) is 0 Å². The lowest BCUT2D eigenvalue weighted by atomic mass is 9.31. The summed E-state index contributed by atoms with van der Waals surface area (Å²) in [4.78, 5) is 10.9. The van der Waals surface area contributed by atoms with Gasteiger partial charge in [0.1, 0.15) is 0 Å². The monoisotopic (exact) mass is 1360 g/mol. The topological polar surface area (TPSA) is 13.0 Å². The van der Waals surface area contributed by atoms with E-state index in [2.05, 4.69) is 348 Å².